The van der Waals surface area contributed by atoms with Crippen LogP contribution in [0.3, 0.4) is 0 Å². The van der Waals surface area contributed by atoms with Crippen molar-refractivity contribution in [3.05, 3.63) is 23.2 Å². The smallest absolute Gasteiger partial charge is 0.311 e. The Morgan fingerprint density at radius 1 is 1.43 bits per heavy atom. The maximum Gasteiger partial charge on any atom is 0.311 e. The largest absolute Gasteiger partial charge is 0.495 e. The highest BCUT2D eigenvalue weighted by molar-refractivity contribution is 7.89. The van der Waals surface area contributed by atoms with E-state index in [-0.39, 0.29) is 43.2 Å². The minimum absolute atomic E-state index is 0.0861. The van der Waals surface area contributed by atoms with Crippen LogP contribution in [0.4, 0.5) is 0 Å². The second kappa shape index (κ2) is 7.04. The predicted octanol–water partition coefficient (Wildman–Crippen LogP) is 1.51. The Kier molecular flexibility index (Phi) is 5.51. The first-order chi connectivity index (χ1) is 10.8. The molecular formula is C14H18ClNO6S. The van der Waals surface area contributed by atoms with E-state index in [9.17, 15) is 18.3 Å². The molecule has 0 spiro atoms. The Balaban J connectivity index is 2.23. The van der Waals surface area contributed by atoms with E-state index in [1.807, 2.05) is 0 Å². The average molecular weight is 364 g/mol. The van der Waals surface area contributed by atoms with Gasteiger partial charge in [0.05, 0.1) is 12.5 Å². The maximum atomic E-state index is 12.5. The highest BCUT2D eigenvalue weighted by atomic mass is 35.5. The number of methoxy groups -OCH3 is 1. The van der Waals surface area contributed by atoms with Gasteiger partial charge in [0.25, 0.3) is 0 Å². The first-order valence-corrected chi connectivity index (χ1v) is 8.81. The third-order valence-corrected chi connectivity index (χ3v) is 5.60. The molecule has 2 rings (SSSR count). The van der Waals surface area contributed by atoms with Gasteiger partial charge in [0, 0.05) is 30.8 Å². The van der Waals surface area contributed by atoms with Gasteiger partial charge in [-0.25, -0.2) is 13.1 Å². The molecule has 1 aliphatic heterocycles. The summed E-state index contributed by atoms with van der Waals surface area (Å²) < 4.78 is 37.5. The Labute approximate surface area is 139 Å². The normalized spacial score (nSPS) is 17.7. The minimum Gasteiger partial charge on any atom is -0.495 e. The molecule has 0 aromatic heterocycles. The van der Waals surface area contributed by atoms with Crippen LogP contribution >= 0.6 is 11.6 Å². The van der Waals surface area contributed by atoms with Gasteiger partial charge in [-0.15, -0.1) is 0 Å². The fraction of sp³-hybridized carbons (Fsp3) is 0.500. The quantitative estimate of drug-likeness (QED) is 0.794. The lowest BCUT2D eigenvalue weighted by atomic mass is 9.80. The molecule has 23 heavy (non-hydrogen) atoms. The molecule has 1 aromatic carbocycles. The molecule has 1 saturated heterocycles. The summed E-state index contributed by atoms with van der Waals surface area (Å²) in [5, 5.41) is 9.80. The second-order valence-electron chi connectivity index (χ2n) is 5.32. The number of aliphatic carboxylic acids is 1. The van der Waals surface area contributed by atoms with Crippen molar-refractivity contribution < 1.29 is 27.8 Å². The number of halogens is 1. The Bertz CT molecular complexity index is 685. The minimum atomic E-state index is -3.93. The summed E-state index contributed by atoms with van der Waals surface area (Å²) >= 11 is 5.82. The molecule has 0 saturated carbocycles. The highest BCUT2D eigenvalue weighted by Crippen LogP contribution is 2.32. The summed E-state index contributed by atoms with van der Waals surface area (Å²) in [6.07, 6.45) is 0.505. The van der Waals surface area contributed by atoms with Crippen molar-refractivity contribution in [1.82, 2.24) is 4.72 Å². The topological polar surface area (TPSA) is 102 Å². The van der Waals surface area contributed by atoms with Crippen LogP contribution in [0.1, 0.15) is 12.8 Å². The number of carboxylic acids is 1. The monoisotopic (exact) mass is 363 g/mol. The lowest BCUT2D eigenvalue weighted by Crippen LogP contribution is -2.46. The van der Waals surface area contributed by atoms with Gasteiger partial charge in [0.15, 0.2) is 0 Å². The average Bonchev–Trinajstić information content (AvgIpc) is 2.53. The molecule has 1 heterocycles. The van der Waals surface area contributed by atoms with Crippen molar-refractivity contribution >= 4 is 27.6 Å². The number of carbonyl (C=O) groups is 1. The molecule has 0 bridgehead atoms. The number of benzene rings is 1. The van der Waals surface area contributed by atoms with Crippen molar-refractivity contribution in [3.63, 3.8) is 0 Å². The molecule has 7 nitrogen and oxygen atoms in total. The fourth-order valence-corrected chi connectivity index (χ4v) is 3.84. The molecule has 2 N–H and O–H groups in total. The van der Waals surface area contributed by atoms with E-state index in [4.69, 9.17) is 21.1 Å². The Hall–Kier alpha value is -1.35. The van der Waals surface area contributed by atoms with Crippen molar-refractivity contribution in [2.45, 2.75) is 17.7 Å². The molecule has 0 unspecified atom stereocenters. The zero-order valence-electron chi connectivity index (χ0n) is 12.5. The molecule has 0 radical (unpaired) electrons. The lowest BCUT2D eigenvalue weighted by molar-refractivity contribution is -0.154. The van der Waals surface area contributed by atoms with Crippen LogP contribution in [0, 0.1) is 5.41 Å². The van der Waals surface area contributed by atoms with Crippen LogP contribution < -0.4 is 9.46 Å². The first-order valence-electron chi connectivity index (χ1n) is 6.95. The number of rotatable bonds is 6. The van der Waals surface area contributed by atoms with Gasteiger partial charge >= 0.3 is 5.97 Å². The lowest BCUT2D eigenvalue weighted by Gasteiger charge is -2.33. The first kappa shape index (κ1) is 18.0. The Morgan fingerprint density at radius 3 is 2.65 bits per heavy atom. The zero-order valence-corrected chi connectivity index (χ0v) is 14.1. The molecule has 9 heteroatoms. The SMILES string of the molecule is COc1cc(Cl)ccc1S(=O)(=O)NCC1(C(=O)O)CCOCC1. The number of sulfonamides is 1. The van der Waals surface area contributed by atoms with E-state index in [0.29, 0.717) is 5.02 Å². The third kappa shape index (κ3) is 3.95. The van der Waals surface area contributed by atoms with Crippen molar-refractivity contribution in [2.75, 3.05) is 26.9 Å². The van der Waals surface area contributed by atoms with Crippen LogP contribution in [-0.4, -0.2) is 46.4 Å². The number of carboxylic acid groups (broad SMARTS) is 1. The van der Waals surface area contributed by atoms with E-state index < -0.39 is 21.4 Å². The van der Waals surface area contributed by atoms with Crippen molar-refractivity contribution in [3.8, 4) is 5.75 Å². The number of hydrogen-bond acceptors (Lipinski definition) is 5. The number of hydrogen-bond donors (Lipinski definition) is 2. The van der Waals surface area contributed by atoms with E-state index >= 15 is 0 Å². The van der Waals surface area contributed by atoms with E-state index in [0.717, 1.165) is 0 Å². The van der Waals surface area contributed by atoms with E-state index in [2.05, 4.69) is 4.72 Å². The maximum absolute atomic E-state index is 12.5. The van der Waals surface area contributed by atoms with Crippen LogP contribution in [0.25, 0.3) is 0 Å². The van der Waals surface area contributed by atoms with Crippen LogP contribution in [-0.2, 0) is 19.6 Å². The zero-order chi connectivity index (χ0) is 17.1. The predicted molar refractivity (Wildman–Crippen MR) is 83.3 cm³/mol. The van der Waals surface area contributed by atoms with Gasteiger partial charge in [-0.05, 0) is 25.0 Å². The molecular weight excluding hydrogens is 346 g/mol. The molecule has 1 aliphatic rings. The van der Waals surface area contributed by atoms with Crippen molar-refractivity contribution in [1.29, 1.82) is 0 Å². The molecule has 0 amide bonds. The van der Waals surface area contributed by atoms with Gasteiger partial charge in [-0.1, -0.05) is 11.6 Å². The van der Waals surface area contributed by atoms with Crippen LogP contribution in [0.15, 0.2) is 23.1 Å². The summed E-state index contributed by atoms with van der Waals surface area (Å²) in [4.78, 5) is 11.5. The summed E-state index contributed by atoms with van der Waals surface area (Å²) in [5.41, 5.74) is -1.16. The molecule has 128 valence electrons. The number of nitrogens with one attached hydrogen (secondary N) is 1. The molecule has 1 aromatic rings. The standard InChI is InChI=1S/C14H18ClNO6S/c1-21-11-8-10(15)2-3-12(11)23(19,20)16-9-14(13(17)18)4-6-22-7-5-14/h2-3,8,16H,4-7,9H2,1H3,(H,17,18). The van der Waals surface area contributed by atoms with Gasteiger partial charge in [-0.3, -0.25) is 4.79 Å². The van der Waals surface area contributed by atoms with Gasteiger partial charge < -0.3 is 14.6 Å². The third-order valence-electron chi connectivity index (χ3n) is 3.92. The second-order valence-corrected chi connectivity index (χ2v) is 7.49. The Morgan fingerprint density at radius 2 is 2.09 bits per heavy atom. The summed E-state index contributed by atoms with van der Waals surface area (Å²) in [7, 11) is -2.59. The molecule has 1 fully saturated rings. The molecule has 0 atom stereocenters. The van der Waals surface area contributed by atoms with Crippen LogP contribution in [0.2, 0.25) is 5.02 Å². The summed E-state index contributed by atoms with van der Waals surface area (Å²) in [6, 6.07) is 4.14. The highest BCUT2D eigenvalue weighted by Gasteiger charge is 2.41. The van der Waals surface area contributed by atoms with E-state index in [1.54, 1.807) is 0 Å². The van der Waals surface area contributed by atoms with Gasteiger partial charge in [0.1, 0.15) is 10.6 Å². The number of ether oxygens (including phenoxy) is 2. The van der Waals surface area contributed by atoms with E-state index in [1.165, 1.54) is 25.3 Å². The summed E-state index contributed by atoms with van der Waals surface area (Å²) in [5.74, 6) is -0.937. The van der Waals surface area contributed by atoms with Gasteiger partial charge in [-0.2, -0.15) is 0 Å². The van der Waals surface area contributed by atoms with Crippen molar-refractivity contribution in [2.24, 2.45) is 5.41 Å². The summed E-state index contributed by atoms with van der Waals surface area (Å²) in [6.45, 7) is 0.371. The van der Waals surface area contributed by atoms with Gasteiger partial charge in [0.2, 0.25) is 10.0 Å². The molecule has 0 aliphatic carbocycles. The fourth-order valence-electron chi connectivity index (χ4n) is 2.40. The van der Waals surface area contributed by atoms with Crippen LogP contribution in [0.5, 0.6) is 5.75 Å².